The zero-order valence-electron chi connectivity index (χ0n) is 20.2. The number of rotatable bonds is 2. The number of allylic oxidation sites excluding steroid dienone is 4. The van der Waals surface area contributed by atoms with Gasteiger partial charge in [-0.15, -0.1) is 0 Å². The number of amides is 1. The Morgan fingerprint density at radius 3 is 2.45 bits per heavy atom. The first kappa shape index (κ1) is 21.2. The summed E-state index contributed by atoms with van der Waals surface area (Å²) in [5, 5.41) is 3.50. The number of hydrogen-bond acceptors (Lipinski definition) is 3. The Morgan fingerprint density at radius 2 is 1.76 bits per heavy atom. The van der Waals surface area contributed by atoms with Crippen LogP contribution in [-0.4, -0.2) is 31.3 Å². The van der Waals surface area contributed by atoms with E-state index in [0.29, 0.717) is 36.4 Å². The summed E-state index contributed by atoms with van der Waals surface area (Å²) in [7, 11) is 4.17. The van der Waals surface area contributed by atoms with Gasteiger partial charge in [0.15, 0.2) is 5.78 Å². The van der Waals surface area contributed by atoms with E-state index in [1.807, 2.05) is 6.08 Å². The molecule has 3 fully saturated rings. The Morgan fingerprint density at radius 1 is 0.970 bits per heavy atom. The normalized spacial score (nSPS) is 37.4. The molecular formula is C29H36N2O2. The third-order valence-corrected chi connectivity index (χ3v) is 10.1. The van der Waals surface area contributed by atoms with Crippen LogP contribution in [0.1, 0.15) is 76.2 Å². The fourth-order valence-corrected chi connectivity index (χ4v) is 8.42. The number of ketones is 1. The van der Waals surface area contributed by atoms with Crippen LogP contribution in [-0.2, 0) is 9.59 Å². The lowest BCUT2D eigenvalue weighted by Gasteiger charge is -2.55. The van der Waals surface area contributed by atoms with Crippen molar-refractivity contribution in [1.29, 1.82) is 0 Å². The first-order chi connectivity index (χ1) is 15.8. The highest BCUT2D eigenvalue weighted by Gasteiger charge is 2.64. The summed E-state index contributed by atoms with van der Waals surface area (Å²) < 4.78 is 0. The number of nitrogens with one attached hydrogen (secondary N) is 1. The second kappa shape index (κ2) is 7.32. The fraction of sp³-hybridized carbons (Fsp3) is 0.586. The molecule has 174 valence electrons. The maximum atomic E-state index is 12.4. The van der Waals surface area contributed by atoms with Crippen LogP contribution in [0.15, 0.2) is 47.1 Å². The number of benzene rings is 1. The topological polar surface area (TPSA) is 49.4 Å². The van der Waals surface area contributed by atoms with E-state index >= 15 is 0 Å². The van der Waals surface area contributed by atoms with Crippen LogP contribution in [0, 0.1) is 17.3 Å². The van der Waals surface area contributed by atoms with Crippen LogP contribution in [0.4, 0.5) is 5.69 Å². The molecule has 4 nitrogen and oxygen atoms in total. The molecule has 1 aromatic carbocycles. The van der Waals surface area contributed by atoms with Gasteiger partial charge in [0, 0.05) is 44.1 Å². The quantitative estimate of drug-likeness (QED) is 0.673. The van der Waals surface area contributed by atoms with E-state index < -0.39 is 0 Å². The van der Waals surface area contributed by atoms with Gasteiger partial charge in [-0.3, -0.25) is 9.59 Å². The standard InChI is InChI=1S/C29H36N2O2/c1-28-17-24(18-4-7-20(8-5-18)31(2)3)27-22-11-9-21(32)16-19(22)6-10-23(27)25(28)12-14-29(28)15-13-26(33)30-29/h4-5,7-8,16,23-25H,6,9-15,17H2,1-3H3,(H,30,33)/t23-,24?,25-,28-,29?/m0/s1. The molecule has 2 saturated carbocycles. The lowest BCUT2D eigenvalue weighted by atomic mass is 9.50. The van der Waals surface area contributed by atoms with Crippen molar-refractivity contribution in [3.05, 3.63) is 52.6 Å². The molecule has 1 heterocycles. The van der Waals surface area contributed by atoms with E-state index in [0.717, 1.165) is 38.5 Å². The van der Waals surface area contributed by atoms with Gasteiger partial charge in [0.2, 0.25) is 5.91 Å². The van der Waals surface area contributed by atoms with E-state index in [4.69, 9.17) is 0 Å². The van der Waals surface area contributed by atoms with Crippen LogP contribution in [0.25, 0.3) is 0 Å². The molecule has 4 heteroatoms. The Balaban J connectivity index is 1.50. The largest absolute Gasteiger partial charge is 0.378 e. The second-order valence-corrected chi connectivity index (χ2v) is 11.7. The first-order valence-corrected chi connectivity index (χ1v) is 12.9. The van der Waals surface area contributed by atoms with E-state index in [-0.39, 0.29) is 16.9 Å². The van der Waals surface area contributed by atoms with Crippen molar-refractivity contribution >= 4 is 17.4 Å². The summed E-state index contributed by atoms with van der Waals surface area (Å²) >= 11 is 0. The monoisotopic (exact) mass is 444 g/mol. The number of carbonyl (C=O) groups excluding carboxylic acids is 2. The van der Waals surface area contributed by atoms with E-state index in [1.165, 1.54) is 28.8 Å². The maximum Gasteiger partial charge on any atom is 0.220 e. The summed E-state index contributed by atoms with van der Waals surface area (Å²) in [5.41, 5.74) is 7.17. The van der Waals surface area contributed by atoms with E-state index in [9.17, 15) is 9.59 Å². The number of nitrogens with zero attached hydrogens (tertiary/aromatic N) is 1. The highest BCUT2D eigenvalue weighted by molar-refractivity contribution is 5.93. The molecule has 4 aliphatic carbocycles. The third-order valence-electron chi connectivity index (χ3n) is 10.1. The molecule has 1 aromatic rings. The molecule has 0 aromatic heterocycles. The summed E-state index contributed by atoms with van der Waals surface area (Å²) in [6.45, 7) is 2.49. The predicted octanol–water partition coefficient (Wildman–Crippen LogP) is 5.30. The predicted molar refractivity (Wildman–Crippen MR) is 131 cm³/mol. The maximum absolute atomic E-state index is 12.4. The molecule has 2 unspecified atom stereocenters. The average Bonchev–Trinajstić information content (AvgIpc) is 3.32. The van der Waals surface area contributed by atoms with Crippen LogP contribution in [0.2, 0.25) is 0 Å². The van der Waals surface area contributed by atoms with Gasteiger partial charge < -0.3 is 10.2 Å². The van der Waals surface area contributed by atoms with Crippen molar-refractivity contribution in [1.82, 2.24) is 5.32 Å². The van der Waals surface area contributed by atoms with Gasteiger partial charge >= 0.3 is 0 Å². The third kappa shape index (κ3) is 3.02. The molecule has 5 aliphatic rings. The Labute approximate surface area is 197 Å². The Kier molecular flexibility index (Phi) is 4.70. The molecule has 33 heavy (non-hydrogen) atoms. The Hall–Kier alpha value is -2.36. The molecule has 1 amide bonds. The van der Waals surface area contributed by atoms with Gasteiger partial charge in [-0.1, -0.05) is 24.6 Å². The van der Waals surface area contributed by atoms with Gasteiger partial charge in [-0.2, -0.15) is 0 Å². The van der Waals surface area contributed by atoms with Crippen molar-refractivity contribution < 1.29 is 9.59 Å². The Bertz CT molecular complexity index is 1080. The minimum absolute atomic E-state index is 0.0363. The molecule has 1 saturated heterocycles. The zero-order valence-corrected chi connectivity index (χ0v) is 20.2. The number of anilines is 1. The van der Waals surface area contributed by atoms with Crippen LogP contribution in [0.3, 0.4) is 0 Å². The molecular weight excluding hydrogens is 408 g/mol. The second-order valence-electron chi connectivity index (χ2n) is 11.7. The van der Waals surface area contributed by atoms with Crippen molar-refractivity contribution in [3.8, 4) is 0 Å². The highest BCUT2D eigenvalue weighted by atomic mass is 16.2. The summed E-state index contributed by atoms with van der Waals surface area (Å²) in [4.78, 5) is 26.8. The van der Waals surface area contributed by atoms with Gasteiger partial charge in [-0.25, -0.2) is 0 Å². The SMILES string of the molecule is CN(C)c1ccc(C2C[C@@]3(C)[C@@H](CCC34CCC(=O)N4)[C@@H]3CCC4=CC(=O)CCC4=C23)cc1. The summed E-state index contributed by atoms with van der Waals surface area (Å²) in [6, 6.07) is 9.15. The number of fused-ring (bicyclic) bond motifs is 5. The van der Waals surface area contributed by atoms with Crippen LogP contribution < -0.4 is 10.2 Å². The smallest absolute Gasteiger partial charge is 0.220 e. The van der Waals surface area contributed by atoms with Crippen molar-refractivity contribution in [2.24, 2.45) is 17.3 Å². The van der Waals surface area contributed by atoms with Gasteiger partial charge in [0.05, 0.1) is 0 Å². The van der Waals surface area contributed by atoms with Crippen molar-refractivity contribution in [3.63, 3.8) is 0 Å². The van der Waals surface area contributed by atoms with Gasteiger partial charge in [0.1, 0.15) is 0 Å². The number of carbonyl (C=O) groups is 2. The van der Waals surface area contributed by atoms with Crippen LogP contribution in [0.5, 0.6) is 0 Å². The molecule has 1 spiro atoms. The molecule has 0 bridgehead atoms. The minimum atomic E-state index is -0.0363. The average molecular weight is 445 g/mol. The van der Waals surface area contributed by atoms with Gasteiger partial charge in [0.25, 0.3) is 0 Å². The van der Waals surface area contributed by atoms with Crippen molar-refractivity contribution in [2.75, 3.05) is 19.0 Å². The molecule has 6 rings (SSSR count). The fourth-order valence-electron chi connectivity index (χ4n) is 8.42. The van der Waals surface area contributed by atoms with E-state index in [2.05, 4.69) is 55.5 Å². The molecule has 0 radical (unpaired) electrons. The summed E-state index contributed by atoms with van der Waals surface area (Å²) in [5.74, 6) is 2.10. The first-order valence-electron chi connectivity index (χ1n) is 12.9. The minimum Gasteiger partial charge on any atom is -0.378 e. The summed E-state index contributed by atoms with van der Waals surface area (Å²) in [6.07, 6.45) is 10.8. The van der Waals surface area contributed by atoms with Crippen LogP contribution >= 0.6 is 0 Å². The highest BCUT2D eigenvalue weighted by Crippen LogP contribution is 2.68. The lowest BCUT2D eigenvalue weighted by Crippen LogP contribution is -2.56. The molecule has 1 aliphatic heterocycles. The van der Waals surface area contributed by atoms with E-state index in [1.54, 1.807) is 5.57 Å². The zero-order chi connectivity index (χ0) is 23.0. The number of hydrogen-bond donors (Lipinski definition) is 1. The molecule has 1 N–H and O–H groups in total. The lowest BCUT2D eigenvalue weighted by molar-refractivity contribution is -0.120. The van der Waals surface area contributed by atoms with Crippen molar-refractivity contribution in [2.45, 2.75) is 76.2 Å². The molecule has 5 atom stereocenters. The van der Waals surface area contributed by atoms with Gasteiger partial charge in [-0.05, 0) is 97.1 Å².